The van der Waals surface area contributed by atoms with Crippen LogP contribution in [0.25, 0.3) is 0 Å². The number of amides is 2. The molecule has 0 saturated carbocycles. The van der Waals surface area contributed by atoms with E-state index in [9.17, 15) is 9.59 Å². The molecule has 26 heavy (non-hydrogen) atoms. The van der Waals surface area contributed by atoms with Gasteiger partial charge >= 0.3 is 11.8 Å². The van der Waals surface area contributed by atoms with E-state index in [-0.39, 0.29) is 6.54 Å². The Labute approximate surface area is 153 Å². The first-order valence-corrected chi connectivity index (χ1v) is 9.05. The van der Waals surface area contributed by atoms with E-state index in [1.165, 1.54) is 11.8 Å². The highest BCUT2D eigenvalue weighted by atomic mass is 16.3. The molecule has 2 N–H and O–H groups in total. The SMILES string of the molecule is O=C(NCc1ccco1)C(=O)NCC1CCN(Cc2ccccc2)CC1. The van der Waals surface area contributed by atoms with Gasteiger partial charge in [0.1, 0.15) is 5.76 Å². The van der Waals surface area contributed by atoms with Gasteiger partial charge in [-0.2, -0.15) is 0 Å². The van der Waals surface area contributed by atoms with E-state index in [0.29, 0.717) is 18.2 Å². The lowest BCUT2D eigenvalue weighted by atomic mass is 9.96. The Morgan fingerprint density at radius 3 is 2.42 bits per heavy atom. The second kappa shape index (κ2) is 9.20. The van der Waals surface area contributed by atoms with Gasteiger partial charge in [-0.05, 0) is 49.5 Å². The molecular formula is C20H25N3O3. The largest absolute Gasteiger partial charge is 0.467 e. The molecule has 0 unspecified atom stereocenters. The fraction of sp³-hybridized carbons (Fsp3) is 0.400. The van der Waals surface area contributed by atoms with Crippen molar-refractivity contribution in [2.45, 2.75) is 25.9 Å². The van der Waals surface area contributed by atoms with Crippen LogP contribution in [-0.4, -0.2) is 36.3 Å². The van der Waals surface area contributed by atoms with Gasteiger partial charge in [0.25, 0.3) is 0 Å². The van der Waals surface area contributed by atoms with Gasteiger partial charge in [0.2, 0.25) is 0 Å². The number of hydrogen-bond donors (Lipinski definition) is 2. The maximum atomic E-state index is 11.9. The molecule has 1 aromatic heterocycles. The quantitative estimate of drug-likeness (QED) is 0.777. The smallest absolute Gasteiger partial charge is 0.309 e. The van der Waals surface area contributed by atoms with Crippen molar-refractivity contribution in [3.63, 3.8) is 0 Å². The molecule has 2 aromatic rings. The minimum atomic E-state index is -0.622. The van der Waals surface area contributed by atoms with Gasteiger partial charge in [-0.15, -0.1) is 0 Å². The summed E-state index contributed by atoms with van der Waals surface area (Å²) in [5, 5.41) is 5.30. The third kappa shape index (κ3) is 5.46. The predicted octanol–water partition coefficient (Wildman–Crippen LogP) is 1.92. The van der Waals surface area contributed by atoms with Crippen molar-refractivity contribution in [1.82, 2.24) is 15.5 Å². The van der Waals surface area contributed by atoms with Crippen LogP contribution >= 0.6 is 0 Å². The Morgan fingerprint density at radius 2 is 1.73 bits per heavy atom. The number of benzene rings is 1. The molecule has 1 fully saturated rings. The van der Waals surface area contributed by atoms with E-state index in [2.05, 4.69) is 39.8 Å². The molecule has 0 aliphatic carbocycles. The number of furan rings is 1. The summed E-state index contributed by atoms with van der Waals surface area (Å²) in [6, 6.07) is 13.9. The molecule has 138 valence electrons. The normalized spacial score (nSPS) is 15.5. The summed E-state index contributed by atoms with van der Waals surface area (Å²) in [6.45, 7) is 3.76. The van der Waals surface area contributed by atoms with Gasteiger partial charge in [-0.25, -0.2) is 0 Å². The number of carbonyl (C=O) groups excluding carboxylic acids is 2. The van der Waals surface area contributed by atoms with Crippen LogP contribution in [0.15, 0.2) is 53.1 Å². The Hall–Kier alpha value is -2.60. The van der Waals surface area contributed by atoms with Crippen LogP contribution in [0.5, 0.6) is 0 Å². The first-order chi connectivity index (χ1) is 12.7. The van der Waals surface area contributed by atoms with Crippen molar-refractivity contribution in [3.05, 3.63) is 60.1 Å². The highest BCUT2D eigenvalue weighted by Gasteiger charge is 2.21. The Balaban J connectivity index is 1.33. The molecule has 2 heterocycles. The third-order valence-electron chi connectivity index (χ3n) is 4.72. The molecule has 2 amide bonds. The molecule has 3 rings (SSSR count). The third-order valence-corrected chi connectivity index (χ3v) is 4.72. The molecule has 1 aliphatic rings. The maximum Gasteiger partial charge on any atom is 0.309 e. The molecular weight excluding hydrogens is 330 g/mol. The zero-order chi connectivity index (χ0) is 18.2. The topological polar surface area (TPSA) is 74.6 Å². The molecule has 6 nitrogen and oxygen atoms in total. The summed E-state index contributed by atoms with van der Waals surface area (Å²) in [5.41, 5.74) is 1.33. The van der Waals surface area contributed by atoms with Gasteiger partial charge in [0, 0.05) is 13.1 Å². The summed E-state index contributed by atoms with van der Waals surface area (Å²) in [4.78, 5) is 26.1. The van der Waals surface area contributed by atoms with Crippen molar-refractivity contribution in [2.24, 2.45) is 5.92 Å². The van der Waals surface area contributed by atoms with Gasteiger partial charge in [-0.1, -0.05) is 30.3 Å². The van der Waals surface area contributed by atoms with E-state index in [1.807, 2.05) is 6.07 Å². The summed E-state index contributed by atoms with van der Waals surface area (Å²) in [6.07, 6.45) is 3.59. The zero-order valence-corrected chi connectivity index (χ0v) is 14.8. The number of hydrogen-bond acceptors (Lipinski definition) is 4. The maximum absolute atomic E-state index is 11.9. The number of carbonyl (C=O) groups is 2. The number of rotatable bonds is 6. The van der Waals surface area contributed by atoms with E-state index >= 15 is 0 Å². The second-order valence-electron chi connectivity index (χ2n) is 6.68. The Kier molecular flexibility index (Phi) is 6.44. The van der Waals surface area contributed by atoms with E-state index in [1.54, 1.807) is 12.1 Å². The van der Waals surface area contributed by atoms with Crippen LogP contribution in [0, 0.1) is 5.92 Å². The lowest BCUT2D eigenvalue weighted by Crippen LogP contribution is -2.43. The zero-order valence-electron chi connectivity index (χ0n) is 14.8. The van der Waals surface area contributed by atoms with Crippen molar-refractivity contribution >= 4 is 11.8 Å². The first-order valence-electron chi connectivity index (χ1n) is 9.05. The van der Waals surface area contributed by atoms with E-state index < -0.39 is 11.8 Å². The van der Waals surface area contributed by atoms with Gasteiger partial charge < -0.3 is 15.1 Å². The van der Waals surface area contributed by atoms with Gasteiger partial charge in [-0.3, -0.25) is 14.5 Å². The van der Waals surface area contributed by atoms with Crippen molar-refractivity contribution in [2.75, 3.05) is 19.6 Å². The molecule has 0 spiro atoms. The van der Waals surface area contributed by atoms with Crippen LogP contribution in [0.1, 0.15) is 24.2 Å². The summed E-state index contributed by atoms with van der Waals surface area (Å²) >= 11 is 0. The molecule has 1 saturated heterocycles. The molecule has 6 heteroatoms. The standard InChI is InChI=1S/C20H25N3O3/c24-19(20(25)22-14-18-7-4-12-26-18)21-13-16-8-10-23(11-9-16)15-17-5-2-1-3-6-17/h1-7,12,16H,8-11,13-15H2,(H,21,24)(H,22,25). The molecule has 1 aromatic carbocycles. The minimum Gasteiger partial charge on any atom is -0.467 e. The Bertz CT molecular complexity index is 692. The molecule has 0 radical (unpaired) electrons. The lowest BCUT2D eigenvalue weighted by molar-refractivity contribution is -0.139. The monoisotopic (exact) mass is 355 g/mol. The van der Waals surface area contributed by atoms with Crippen LogP contribution in [-0.2, 0) is 22.7 Å². The van der Waals surface area contributed by atoms with Crippen molar-refractivity contribution < 1.29 is 14.0 Å². The fourth-order valence-electron chi connectivity index (χ4n) is 3.17. The lowest BCUT2D eigenvalue weighted by Gasteiger charge is -2.32. The van der Waals surface area contributed by atoms with E-state index in [4.69, 9.17) is 4.42 Å². The fourth-order valence-corrected chi connectivity index (χ4v) is 3.17. The van der Waals surface area contributed by atoms with Crippen LogP contribution in [0.3, 0.4) is 0 Å². The molecule has 1 aliphatic heterocycles. The second-order valence-corrected chi connectivity index (χ2v) is 6.68. The summed E-state index contributed by atoms with van der Waals surface area (Å²) in [7, 11) is 0. The van der Waals surface area contributed by atoms with Crippen LogP contribution in [0.2, 0.25) is 0 Å². The van der Waals surface area contributed by atoms with Crippen molar-refractivity contribution in [3.8, 4) is 0 Å². The van der Waals surface area contributed by atoms with Crippen LogP contribution < -0.4 is 10.6 Å². The predicted molar refractivity (Wildman–Crippen MR) is 98.0 cm³/mol. The van der Waals surface area contributed by atoms with Crippen LogP contribution in [0.4, 0.5) is 0 Å². The average molecular weight is 355 g/mol. The number of piperidine rings is 1. The highest BCUT2D eigenvalue weighted by Crippen LogP contribution is 2.18. The number of likely N-dealkylation sites (tertiary alicyclic amines) is 1. The van der Waals surface area contributed by atoms with Gasteiger partial charge in [0.05, 0.1) is 12.8 Å². The summed E-state index contributed by atoms with van der Waals surface area (Å²) in [5.74, 6) is -0.160. The Morgan fingerprint density at radius 1 is 1.00 bits per heavy atom. The van der Waals surface area contributed by atoms with E-state index in [0.717, 1.165) is 32.5 Å². The molecule has 0 atom stereocenters. The van der Waals surface area contributed by atoms with Gasteiger partial charge in [0.15, 0.2) is 0 Å². The van der Waals surface area contributed by atoms with Crippen molar-refractivity contribution in [1.29, 1.82) is 0 Å². The first kappa shape index (κ1) is 18.2. The highest BCUT2D eigenvalue weighted by molar-refractivity contribution is 6.35. The molecule has 0 bridgehead atoms. The average Bonchev–Trinajstić information content (AvgIpc) is 3.20. The number of nitrogens with zero attached hydrogens (tertiary/aromatic N) is 1. The minimum absolute atomic E-state index is 0.219. The summed E-state index contributed by atoms with van der Waals surface area (Å²) < 4.78 is 5.12. The number of nitrogens with one attached hydrogen (secondary N) is 2.